The highest BCUT2D eigenvalue weighted by molar-refractivity contribution is 6.31. The molecule has 0 aliphatic heterocycles. The molecule has 0 saturated heterocycles. The summed E-state index contributed by atoms with van der Waals surface area (Å²) in [5.74, 6) is 0.320. The molecule has 6 nitrogen and oxygen atoms in total. The minimum Gasteiger partial charge on any atom is -0.455 e. The molecule has 0 aromatic heterocycles. The fourth-order valence-corrected chi connectivity index (χ4v) is 2.49. The third-order valence-corrected chi connectivity index (χ3v) is 3.74. The van der Waals surface area contributed by atoms with E-state index in [9.17, 15) is 14.9 Å². The molecular weight excluding hydrogens is 356 g/mol. The van der Waals surface area contributed by atoms with Crippen LogP contribution in [-0.4, -0.2) is 10.8 Å². The van der Waals surface area contributed by atoms with Crippen LogP contribution in [0, 0.1) is 10.1 Å². The molecule has 0 aliphatic carbocycles. The average Bonchev–Trinajstić information content (AvgIpc) is 2.64. The van der Waals surface area contributed by atoms with Crippen molar-refractivity contribution in [2.45, 2.75) is 0 Å². The van der Waals surface area contributed by atoms with E-state index in [1.807, 2.05) is 18.2 Å². The monoisotopic (exact) mass is 368 g/mol. The Morgan fingerprint density at radius 1 is 1.00 bits per heavy atom. The zero-order chi connectivity index (χ0) is 18.5. The van der Waals surface area contributed by atoms with Gasteiger partial charge in [0, 0.05) is 11.1 Å². The van der Waals surface area contributed by atoms with E-state index in [1.165, 1.54) is 24.3 Å². The maximum Gasteiger partial charge on any atom is 0.282 e. The quantitative estimate of drug-likeness (QED) is 0.489. The average molecular weight is 369 g/mol. The van der Waals surface area contributed by atoms with Crippen LogP contribution in [-0.2, 0) is 0 Å². The largest absolute Gasteiger partial charge is 0.455 e. The molecule has 0 spiro atoms. The standard InChI is InChI=1S/C19H13ClN2O4/c20-13-10-11-18(26-14-6-2-1-3-7-14)16(12-13)21-19(23)15-8-4-5-9-17(15)22(24)25/h1-12H,(H,21,23). The van der Waals surface area contributed by atoms with E-state index in [-0.39, 0.29) is 11.3 Å². The molecule has 0 bridgehead atoms. The van der Waals surface area contributed by atoms with Gasteiger partial charge in [-0.1, -0.05) is 41.9 Å². The summed E-state index contributed by atoms with van der Waals surface area (Å²) in [7, 11) is 0. The van der Waals surface area contributed by atoms with E-state index < -0.39 is 10.8 Å². The van der Waals surface area contributed by atoms with Gasteiger partial charge in [-0.15, -0.1) is 0 Å². The number of hydrogen-bond donors (Lipinski definition) is 1. The number of hydrogen-bond acceptors (Lipinski definition) is 4. The minimum atomic E-state index is -0.627. The highest BCUT2D eigenvalue weighted by Crippen LogP contribution is 2.32. The van der Waals surface area contributed by atoms with Crippen molar-refractivity contribution in [3.63, 3.8) is 0 Å². The third kappa shape index (κ3) is 3.99. The maximum absolute atomic E-state index is 12.5. The van der Waals surface area contributed by atoms with Gasteiger partial charge in [0.2, 0.25) is 0 Å². The highest BCUT2D eigenvalue weighted by Gasteiger charge is 2.20. The first kappa shape index (κ1) is 17.4. The summed E-state index contributed by atoms with van der Waals surface area (Å²) in [5.41, 5.74) is -0.0230. The Bertz CT molecular complexity index is 961. The van der Waals surface area contributed by atoms with Gasteiger partial charge in [0.1, 0.15) is 11.3 Å². The summed E-state index contributed by atoms with van der Waals surface area (Å²) >= 11 is 6.02. The van der Waals surface area contributed by atoms with Crippen molar-refractivity contribution >= 4 is 28.9 Å². The number of benzene rings is 3. The Kier molecular flexibility index (Phi) is 5.15. The van der Waals surface area contributed by atoms with Crippen LogP contribution in [0.5, 0.6) is 11.5 Å². The van der Waals surface area contributed by atoms with E-state index >= 15 is 0 Å². The lowest BCUT2D eigenvalue weighted by Gasteiger charge is -2.13. The summed E-state index contributed by atoms with van der Waals surface area (Å²) < 4.78 is 5.77. The van der Waals surface area contributed by atoms with Crippen molar-refractivity contribution in [2.24, 2.45) is 0 Å². The first-order valence-electron chi connectivity index (χ1n) is 7.62. The number of rotatable bonds is 5. The van der Waals surface area contributed by atoms with Crippen LogP contribution in [0.3, 0.4) is 0 Å². The highest BCUT2D eigenvalue weighted by atomic mass is 35.5. The van der Waals surface area contributed by atoms with Crippen LogP contribution in [0.25, 0.3) is 0 Å². The van der Waals surface area contributed by atoms with Crippen molar-refractivity contribution in [1.82, 2.24) is 0 Å². The summed E-state index contributed by atoms with van der Waals surface area (Å²) in [6.45, 7) is 0. The molecule has 7 heteroatoms. The zero-order valence-electron chi connectivity index (χ0n) is 13.4. The van der Waals surface area contributed by atoms with Crippen molar-refractivity contribution in [1.29, 1.82) is 0 Å². The smallest absolute Gasteiger partial charge is 0.282 e. The Morgan fingerprint density at radius 3 is 2.42 bits per heavy atom. The molecule has 3 rings (SSSR count). The van der Waals surface area contributed by atoms with Gasteiger partial charge in [-0.05, 0) is 36.4 Å². The number of carbonyl (C=O) groups is 1. The Hall–Kier alpha value is -3.38. The van der Waals surface area contributed by atoms with Crippen molar-refractivity contribution in [2.75, 3.05) is 5.32 Å². The normalized spacial score (nSPS) is 10.2. The van der Waals surface area contributed by atoms with Crippen LogP contribution in [0.4, 0.5) is 11.4 Å². The molecule has 0 aliphatic rings. The zero-order valence-corrected chi connectivity index (χ0v) is 14.1. The molecule has 0 atom stereocenters. The maximum atomic E-state index is 12.5. The molecule has 0 radical (unpaired) electrons. The predicted octanol–water partition coefficient (Wildman–Crippen LogP) is 5.29. The lowest BCUT2D eigenvalue weighted by Crippen LogP contribution is -2.14. The van der Waals surface area contributed by atoms with Crippen LogP contribution < -0.4 is 10.1 Å². The number of nitro benzene ring substituents is 1. The molecule has 26 heavy (non-hydrogen) atoms. The van der Waals surface area contributed by atoms with Gasteiger partial charge in [0.05, 0.1) is 10.6 Å². The molecular formula is C19H13ClN2O4. The number of nitro groups is 1. The number of nitrogens with one attached hydrogen (secondary N) is 1. The van der Waals surface area contributed by atoms with Crippen molar-refractivity contribution in [3.05, 3.63) is 93.5 Å². The molecule has 1 N–H and O–H groups in total. The third-order valence-electron chi connectivity index (χ3n) is 3.51. The van der Waals surface area contributed by atoms with E-state index in [0.29, 0.717) is 22.2 Å². The fraction of sp³-hybridized carbons (Fsp3) is 0. The minimum absolute atomic E-state index is 0.0527. The van der Waals surface area contributed by atoms with E-state index in [0.717, 1.165) is 0 Å². The molecule has 130 valence electrons. The van der Waals surface area contributed by atoms with Crippen LogP contribution >= 0.6 is 11.6 Å². The van der Waals surface area contributed by atoms with Crippen LogP contribution in [0.15, 0.2) is 72.8 Å². The van der Waals surface area contributed by atoms with E-state index in [1.54, 1.807) is 30.3 Å². The summed E-state index contributed by atoms with van der Waals surface area (Å²) in [5, 5.41) is 14.1. The number of para-hydroxylation sites is 2. The molecule has 3 aromatic rings. The number of ether oxygens (including phenoxy) is 1. The molecule has 0 saturated carbocycles. The van der Waals surface area contributed by atoms with Crippen LogP contribution in [0.2, 0.25) is 5.02 Å². The van der Waals surface area contributed by atoms with Crippen LogP contribution in [0.1, 0.15) is 10.4 Å². The lowest BCUT2D eigenvalue weighted by atomic mass is 10.1. The van der Waals surface area contributed by atoms with E-state index in [2.05, 4.69) is 5.32 Å². The van der Waals surface area contributed by atoms with Crippen molar-refractivity contribution < 1.29 is 14.5 Å². The fourth-order valence-electron chi connectivity index (χ4n) is 2.32. The predicted molar refractivity (Wildman–Crippen MR) is 99.0 cm³/mol. The lowest BCUT2D eigenvalue weighted by molar-refractivity contribution is -0.385. The summed E-state index contributed by atoms with van der Waals surface area (Å²) in [4.78, 5) is 23.1. The Balaban J connectivity index is 1.91. The summed E-state index contributed by atoms with van der Waals surface area (Å²) in [6, 6.07) is 19.5. The molecule has 3 aromatic carbocycles. The van der Waals surface area contributed by atoms with Crippen molar-refractivity contribution in [3.8, 4) is 11.5 Å². The second-order valence-corrected chi connectivity index (χ2v) is 5.72. The molecule has 0 heterocycles. The first-order valence-corrected chi connectivity index (χ1v) is 7.99. The Labute approximate surface area is 154 Å². The van der Waals surface area contributed by atoms with Gasteiger partial charge in [-0.2, -0.15) is 0 Å². The second-order valence-electron chi connectivity index (χ2n) is 5.28. The number of nitrogens with zero attached hydrogens (tertiary/aromatic N) is 1. The number of carbonyl (C=O) groups excluding carboxylic acids is 1. The number of anilines is 1. The van der Waals surface area contributed by atoms with Gasteiger partial charge in [-0.3, -0.25) is 14.9 Å². The summed E-state index contributed by atoms with van der Waals surface area (Å²) in [6.07, 6.45) is 0. The second kappa shape index (κ2) is 7.67. The molecule has 0 unspecified atom stereocenters. The number of amides is 1. The Morgan fingerprint density at radius 2 is 1.69 bits per heavy atom. The molecule has 0 fully saturated rings. The van der Waals surface area contributed by atoms with E-state index in [4.69, 9.17) is 16.3 Å². The number of halogens is 1. The first-order chi connectivity index (χ1) is 12.5. The van der Waals surface area contributed by atoms with Gasteiger partial charge in [0.25, 0.3) is 11.6 Å². The van der Waals surface area contributed by atoms with Gasteiger partial charge in [0.15, 0.2) is 5.75 Å². The topological polar surface area (TPSA) is 81.5 Å². The van der Waals surface area contributed by atoms with Gasteiger partial charge in [-0.25, -0.2) is 0 Å². The molecule has 1 amide bonds. The van der Waals surface area contributed by atoms with Gasteiger partial charge < -0.3 is 10.1 Å². The van der Waals surface area contributed by atoms with Gasteiger partial charge >= 0.3 is 0 Å². The SMILES string of the molecule is O=C(Nc1cc(Cl)ccc1Oc1ccccc1)c1ccccc1[N+](=O)[O-].